The van der Waals surface area contributed by atoms with E-state index < -0.39 is 0 Å². The highest BCUT2D eigenvalue weighted by Crippen LogP contribution is 2.43. The molecule has 0 N–H and O–H groups in total. The molecule has 29 heavy (non-hydrogen) atoms. The number of ether oxygens (including phenoxy) is 1. The molecule has 0 saturated heterocycles. The Morgan fingerprint density at radius 1 is 0.621 bits per heavy atom. The van der Waals surface area contributed by atoms with E-state index in [0.717, 1.165) is 32.1 Å². The van der Waals surface area contributed by atoms with E-state index in [4.69, 9.17) is 4.74 Å². The third-order valence-electron chi connectivity index (χ3n) is 5.15. The van der Waals surface area contributed by atoms with Crippen molar-refractivity contribution in [3.05, 3.63) is 27.8 Å². The molecule has 1 rings (SSSR count). The zero-order valence-corrected chi connectivity index (χ0v) is 22.0. The molecule has 1 heteroatoms. The molecule has 0 fully saturated rings. The van der Waals surface area contributed by atoms with Gasteiger partial charge in [0, 0.05) is 0 Å². The minimum Gasteiger partial charge on any atom is -0.488 e. The van der Waals surface area contributed by atoms with Crippen LogP contribution in [0.3, 0.4) is 0 Å². The largest absolute Gasteiger partial charge is 0.488 e. The van der Waals surface area contributed by atoms with Crippen LogP contribution in [0.2, 0.25) is 0 Å². The first-order valence-electron chi connectivity index (χ1n) is 11.9. The second-order valence-corrected chi connectivity index (χ2v) is 12.7. The van der Waals surface area contributed by atoms with E-state index in [2.05, 4.69) is 90.0 Å². The maximum atomic E-state index is 6.80. The summed E-state index contributed by atoms with van der Waals surface area (Å²) in [6, 6.07) is 0. The van der Waals surface area contributed by atoms with Gasteiger partial charge in [-0.15, -0.1) is 0 Å². The second kappa shape index (κ2) is 9.44. The maximum Gasteiger partial charge on any atom is 0.127 e. The van der Waals surface area contributed by atoms with Gasteiger partial charge in [-0.05, 0) is 97.4 Å². The predicted octanol–water partition coefficient (Wildman–Crippen LogP) is 8.36. The topological polar surface area (TPSA) is 9.23 Å². The van der Waals surface area contributed by atoms with Gasteiger partial charge >= 0.3 is 0 Å². The summed E-state index contributed by atoms with van der Waals surface area (Å²) < 4.78 is 6.80. The van der Waals surface area contributed by atoms with E-state index in [1.54, 1.807) is 16.7 Å². The van der Waals surface area contributed by atoms with Gasteiger partial charge in [-0.25, -0.2) is 0 Å². The van der Waals surface area contributed by atoms with Gasteiger partial charge in [-0.2, -0.15) is 0 Å². The van der Waals surface area contributed by atoms with Crippen molar-refractivity contribution in [2.75, 3.05) is 0 Å². The van der Waals surface area contributed by atoms with Gasteiger partial charge in [0.05, 0.1) is 0 Å². The summed E-state index contributed by atoms with van der Waals surface area (Å²) in [5.41, 5.74) is 7.93. The van der Waals surface area contributed by atoms with Crippen molar-refractivity contribution in [2.24, 2.45) is 16.7 Å². The Balaban J connectivity index is 4.04. The molecule has 0 aliphatic carbocycles. The Kier molecular flexibility index (Phi) is 8.48. The minimum atomic E-state index is -0.200. The Labute approximate surface area is 183 Å². The van der Waals surface area contributed by atoms with Crippen molar-refractivity contribution in [3.63, 3.8) is 0 Å². The SMILES string of the molecule is CCc1c(CC(C)C)c(CC)c(CC(C)(C)C)c(OC(C)(C)C)c1CC(C)(C)C. The molecule has 1 aromatic rings. The number of benzene rings is 1. The average molecular weight is 403 g/mol. The fourth-order valence-corrected chi connectivity index (χ4v) is 4.37. The molecule has 0 aliphatic rings. The maximum absolute atomic E-state index is 6.80. The molecule has 0 unspecified atom stereocenters. The third-order valence-corrected chi connectivity index (χ3v) is 5.15. The molecule has 0 aliphatic heterocycles. The van der Waals surface area contributed by atoms with Crippen molar-refractivity contribution in [1.29, 1.82) is 0 Å². The fraction of sp³-hybridized carbons (Fsp3) is 0.786. The summed E-state index contributed by atoms with van der Waals surface area (Å²) in [6.07, 6.45) is 5.45. The van der Waals surface area contributed by atoms with Crippen LogP contribution in [-0.4, -0.2) is 5.60 Å². The summed E-state index contributed by atoms with van der Waals surface area (Å²) in [5, 5.41) is 0. The Hall–Kier alpha value is -0.980. The highest BCUT2D eigenvalue weighted by Gasteiger charge is 2.30. The van der Waals surface area contributed by atoms with Crippen LogP contribution in [0.15, 0.2) is 0 Å². The monoisotopic (exact) mass is 402 g/mol. The molecule has 0 bridgehead atoms. The summed E-state index contributed by atoms with van der Waals surface area (Å²) in [5.74, 6) is 1.86. The standard InChI is InChI=1S/C28H50O/c1-14-20-22(16-19(3)4)21(15-2)24(18-27(8,9)10)25(29-28(11,12)13)23(20)17-26(5,6)7/h19H,14-18H2,1-13H3. The van der Waals surface area contributed by atoms with E-state index in [-0.39, 0.29) is 16.4 Å². The first-order chi connectivity index (χ1) is 13.0. The number of hydrogen-bond donors (Lipinski definition) is 0. The van der Waals surface area contributed by atoms with E-state index in [0.29, 0.717) is 5.92 Å². The van der Waals surface area contributed by atoms with Crippen LogP contribution in [0.1, 0.15) is 118 Å². The van der Waals surface area contributed by atoms with E-state index in [9.17, 15) is 0 Å². The Morgan fingerprint density at radius 3 is 1.24 bits per heavy atom. The van der Waals surface area contributed by atoms with Crippen LogP contribution >= 0.6 is 0 Å². The molecule has 0 aromatic heterocycles. The van der Waals surface area contributed by atoms with Gasteiger partial charge in [0.2, 0.25) is 0 Å². The lowest BCUT2D eigenvalue weighted by Gasteiger charge is -2.34. The van der Waals surface area contributed by atoms with E-state index in [1.807, 2.05) is 0 Å². The van der Waals surface area contributed by atoms with Gasteiger partial charge in [0.1, 0.15) is 11.4 Å². The van der Waals surface area contributed by atoms with Crippen LogP contribution in [0.25, 0.3) is 0 Å². The molecule has 0 saturated carbocycles. The number of hydrogen-bond acceptors (Lipinski definition) is 1. The second-order valence-electron chi connectivity index (χ2n) is 12.7. The van der Waals surface area contributed by atoms with Gasteiger partial charge in [0.15, 0.2) is 0 Å². The highest BCUT2D eigenvalue weighted by atomic mass is 16.5. The predicted molar refractivity (Wildman–Crippen MR) is 130 cm³/mol. The first-order valence-corrected chi connectivity index (χ1v) is 11.9. The fourth-order valence-electron chi connectivity index (χ4n) is 4.37. The Bertz CT molecular complexity index is 627. The summed E-state index contributed by atoms with van der Waals surface area (Å²) in [7, 11) is 0. The summed E-state index contributed by atoms with van der Waals surface area (Å²) in [6.45, 7) is 30.0. The minimum absolute atomic E-state index is 0.200. The van der Waals surface area contributed by atoms with Gasteiger partial charge in [-0.3, -0.25) is 0 Å². The van der Waals surface area contributed by atoms with Crippen LogP contribution < -0.4 is 4.74 Å². The molecular formula is C28H50O. The van der Waals surface area contributed by atoms with Crippen molar-refractivity contribution < 1.29 is 4.74 Å². The summed E-state index contributed by atoms with van der Waals surface area (Å²) in [4.78, 5) is 0. The normalized spacial score (nSPS) is 13.3. The molecule has 0 spiro atoms. The molecular weight excluding hydrogens is 352 g/mol. The molecule has 1 nitrogen and oxygen atoms in total. The quantitative estimate of drug-likeness (QED) is 0.445. The molecule has 0 heterocycles. The van der Waals surface area contributed by atoms with Crippen LogP contribution in [0, 0.1) is 16.7 Å². The van der Waals surface area contributed by atoms with Crippen molar-refractivity contribution in [3.8, 4) is 5.75 Å². The van der Waals surface area contributed by atoms with E-state index in [1.165, 1.54) is 16.9 Å². The molecule has 0 atom stereocenters. The molecule has 0 amide bonds. The lowest BCUT2D eigenvalue weighted by Crippen LogP contribution is -2.28. The lowest BCUT2D eigenvalue weighted by molar-refractivity contribution is 0.125. The van der Waals surface area contributed by atoms with Crippen LogP contribution in [0.5, 0.6) is 5.75 Å². The Morgan fingerprint density at radius 2 is 1.00 bits per heavy atom. The van der Waals surface area contributed by atoms with Crippen molar-refractivity contribution in [1.82, 2.24) is 0 Å². The van der Waals surface area contributed by atoms with E-state index >= 15 is 0 Å². The summed E-state index contributed by atoms with van der Waals surface area (Å²) >= 11 is 0. The van der Waals surface area contributed by atoms with Crippen LogP contribution in [-0.2, 0) is 32.1 Å². The van der Waals surface area contributed by atoms with Crippen LogP contribution in [0.4, 0.5) is 0 Å². The van der Waals surface area contributed by atoms with Gasteiger partial charge < -0.3 is 4.74 Å². The average Bonchev–Trinajstić information content (AvgIpc) is 2.47. The molecule has 1 aromatic carbocycles. The third kappa shape index (κ3) is 7.99. The number of rotatable bonds is 7. The smallest absolute Gasteiger partial charge is 0.127 e. The zero-order chi connectivity index (χ0) is 22.8. The zero-order valence-electron chi connectivity index (χ0n) is 22.0. The van der Waals surface area contributed by atoms with Gasteiger partial charge in [0.25, 0.3) is 0 Å². The first kappa shape index (κ1) is 26.1. The van der Waals surface area contributed by atoms with Crippen molar-refractivity contribution >= 4 is 0 Å². The molecule has 168 valence electrons. The van der Waals surface area contributed by atoms with Crippen molar-refractivity contribution in [2.45, 2.75) is 128 Å². The highest BCUT2D eigenvalue weighted by molar-refractivity contribution is 5.57. The van der Waals surface area contributed by atoms with Gasteiger partial charge in [-0.1, -0.05) is 69.2 Å². The molecule has 0 radical (unpaired) electrons. The lowest BCUT2D eigenvalue weighted by atomic mass is 9.76.